The molecule has 6 heteroatoms. The van der Waals surface area contributed by atoms with E-state index in [0.717, 1.165) is 0 Å². The summed E-state index contributed by atoms with van der Waals surface area (Å²) in [5.41, 5.74) is 1.30. The van der Waals surface area contributed by atoms with Crippen molar-refractivity contribution >= 4 is 17.5 Å². The quantitative estimate of drug-likeness (QED) is 0.650. The van der Waals surface area contributed by atoms with E-state index >= 15 is 0 Å². The fourth-order valence-corrected chi connectivity index (χ4v) is 3.87. The first-order valence-electron chi connectivity index (χ1n) is 8.31. The number of ketones is 2. The predicted octanol–water partition coefficient (Wildman–Crippen LogP) is 2.08. The van der Waals surface area contributed by atoms with Crippen molar-refractivity contribution in [3.05, 3.63) is 63.7 Å². The van der Waals surface area contributed by atoms with Gasteiger partial charge in [-0.05, 0) is 11.6 Å². The fourth-order valence-electron chi connectivity index (χ4n) is 3.87. The number of aromatic hydroxyl groups is 1. The third-order valence-corrected chi connectivity index (χ3v) is 4.91. The number of fused-ring (bicyclic) bond motifs is 3. The molecule has 132 valence electrons. The number of aliphatic hydroxyl groups excluding tert-OH is 1. The minimum absolute atomic E-state index is 0.0718. The fraction of sp³-hybridized carbons (Fsp3) is 0.250. The second-order valence-electron chi connectivity index (χ2n) is 6.61. The summed E-state index contributed by atoms with van der Waals surface area (Å²) in [4.78, 5) is 36.8. The number of carbonyl (C=O) groups is 3. The highest BCUT2D eigenvalue weighted by atomic mass is 16.5. The van der Waals surface area contributed by atoms with Crippen LogP contribution in [0.2, 0.25) is 0 Å². The first-order chi connectivity index (χ1) is 12.4. The number of hydrogen-bond acceptors (Lipinski definition) is 6. The van der Waals surface area contributed by atoms with Gasteiger partial charge in [-0.3, -0.25) is 14.4 Å². The number of phenolic OH excluding ortho intramolecular Hbond substituents is 1. The Balaban J connectivity index is 1.88. The molecular formula is C20H16O6. The van der Waals surface area contributed by atoms with Crippen LogP contribution in [-0.4, -0.2) is 33.9 Å². The Hall–Kier alpha value is -2.99. The molecule has 26 heavy (non-hydrogen) atoms. The number of aliphatic hydroxyl groups is 1. The van der Waals surface area contributed by atoms with Crippen LogP contribution < -0.4 is 0 Å². The molecule has 6 nitrogen and oxygen atoms in total. The average Bonchev–Trinajstić information content (AvgIpc) is 2.58. The van der Waals surface area contributed by atoms with Crippen molar-refractivity contribution in [2.45, 2.75) is 32.0 Å². The van der Waals surface area contributed by atoms with Crippen molar-refractivity contribution in [3.63, 3.8) is 0 Å². The van der Waals surface area contributed by atoms with Crippen molar-refractivity contribution in [1.82, 2.24) is 0 Å². The van der Waals surface area contributed by atoms with Crippen LogP contribution >= 0.6 is 0 Å². The first-order valence-corrected chi connectivity index (χ1v) is 8.31. The largest absolute Gasteiger partial charge is 0.507 e. The summed E-state index contributed by atoms with van der Waals surface area (Å²) in [7, 11) is 0. The second kappa shape index (κ2) is 5.78. The number of ether oxygens (including phenoxy) is 1. The minimum atomic E-state index is -1.09. The van der Waals surface area contributed by atoms with Gasteiger partial charge in [-0.1, -0.05) is 24.3 Å². The smallest absolute Gasteiger partial charge is 0.302 e. The summed E-state index contributed by atoms with van der Waals surface area (Å²) in [5.74, 6) is -1.62. The molecule has 2 aliphatic carbocycles. The molecule has 0 saturated heterocycles. The highest BCUT2D eigenvalue weighted by Crippen LogP contribution is 2.43. The topological polar surface area (TPSA) is 101 Å². The second-order valence-corrected chi connectivity index (χ2v) is 6.61. The van der Waals surface area contributed by atoms with E-state index in [2.05, 4.69) is 0 Å². The third-order valence-electron chi connectivity index (χ3n) is 4.91. The van der Waals surface area contributed by atoms with Crippen molar-refractivity contribution in [3.8, 4) is 5.75 Å². The Bertz CT molecular complexity index is 975. The van der Waals surface area contributed by atoms with Crippen molar-refractivity contribution in [2.24, 2.45) is 0 Å². The molecule has 0 amide bonds. The summed E-state index contributed by atoms with van der Waals surface area (Å²) in [6.45, 7) is 1.28. The molecule has 0 fully saturated rings. The molecule has 0 heterocycles. The van der Waals surface area contributed by atoms with Crippen LogP contribution in [-0.2, 0) is 16.0 Å². The van der Waals surface area contributed by atoms with Gasteiger partial charge in [-0.25, -0.2) is 0 Å². The molecule has 0 unspecified atom stereocenters. The number of rotatable bonds is 1. The van der Waals surface area contributed by atoms with Gasteiger partial charge in [0.15, 0.2) is 11.6 Å². The molecule has 4 rings (SSSR count). The van der Waals surface area contributed by atoms with Gasteiger partial charge in [0.2, 0.25) is 0 Å². The zero-order valence-electron chi connectivity index (χ0n) is 14.0. The lowest BCUT2D eigenvalue weighted by atomic mass is 9.77. The van der Waals surface area contributed by atoms with E-state index in [0.29, 0.717) is 5.56 Å². The van der Waals surface area contributed by atoms with Gasteiger partial charge >= 0.3 is 5.97 Å². The lowest BCUT2D eigenvalue weighted by Gasteiger charge is -2.31. The molecule has 0 spiro atoms. The molecule has 0 radical (unpaired) electrons. The summed E-state index contributed by atoms with van der Waals surface area (Å²) < 4.78 is 5.17. The summed E-state index contributed by atoms with van der Waals surface area (Å²) in [6, 6.07) is 7.98. The number of benzene rings is 2. The molecule has 0 aromatic heterocycles. The lowest BCUT2D eigenvalue weighted by molar-refractivity contribution is -0.148. The summed E-state index contributed by atoms with van der Waals surface area (Å²) >= 11 is 0. The van der Waals surface area contributed by atoms with Crippen molar-refractivity contribution in [1.29, 1.82) is 0 Å². The Morgan fingerprint density at radius 2 is 1.77 bits per heavy atom. The standard InChI is InChI=1S/C20H16O6/c1-9(21)26-11-6-10-7-14-17(20(25)16(10)15(22)8-11)19(24)13-5-3-2-4-12(13)18(14)23/h2-5,7,11,15,22,25H,6,8H2,1H3/t11-,15-/m1/s1. The molecule has 2 aromatic carbocycles. The summed E-state index contributed by atoms with van der Waals surface area (Å²) in [5, 5.41) is 21.1. The van der Waals surface area contributed by atoms with Crippen LogP contribution in [0.1, 0.15) is 62.4 Å². The van der Waals surface area contributed by atoms with Crippen LogP contribution in [0.5, 0.6) is 5.75 Å². The SMILES string of the molecule is CC(=O)O[C@@H]1Cc2cc3c(c(O)c2[C@H](O)C1)C(=O)c1ccccc1C3=O. The van der Waals surface area contributed by atoms with Gasteiger partial charge in [0.25, 0.3) is 0 Å². The van der Waals surface area contributed by atoms with Crippen molar-refractivity contribution in [2.75, 3.05) is 0 Å². The van der Waals surface area contributed by atoms with E-state index in [1.165, 1.54) is 13.0 Å². The van der Waals surface area contributed by atoms with Crippen LogP contribution in [0.25, 0.3) is 0 Å². The Kier molecular flexibility index (Phi) is 3.66. The predicted molar refractivity (Wildman–Crippen MR) is 90.2 cm³/mol. The van der Waals surface area contributed by atoms with E-state index in [9.17, 15) is 24.6 Å². The highest BCUT2D eigenvalue weighted by molar-refractivity contribution is 6.29. The lowest BCUT2D eigenvalue weighted by Crippen LogP contribution is -2.29. The van der Waals surface area contributed by atoms with Crippen LogP contribution in [0.15, 0.2) is 30.3 Å². The zero-order chi connectivity index (χ0) is 18.6. The van der Waals surface area contributed by atoms with E-state index in [1.807, 2.05) is 0 Å². The number of phenols is 1. The van der Waals surface area contributed by atoms with Gasteiger partial charge in [-0.2, -0.15) is 0 Å². The van der Waals surface area contributed by atoms with E-state index in [-0.39, 0.29) is 52.2 Å². The molecule has 2 aliphatic rings. The maximum Gasteiger partial charge on any atom is 0.302 e. The molecule has 2 atom stereocenters. The number of esters is 1. The zero-order valence-corrected chi connectivity index (χ0v) is 14.0. The maximum absolute atomic E-state index is 12.8. The van der Waals surface area contributed by atoms with E-state index in [4.69, 9.17) is 4.74 Å². The highest BCUT2D eigenvalue weighted by Gasteiger charge is 2.38. The monoisotopic (exact) mass is 352 g/mol. The average molecular weight is 352 g/mol. The Morgan fingerprint density at radius 1 is 1.12 bits per heavy atom. The molecule has 2 aromatic rings. The van der Waals surface area contributed by atoms with Crippen molar-refractivity contribution < 1.29 is 29.3 Å². The normalized spacial score (nSPS) is 20.8. The van der Waals surface area contributed by atoms with Gasteiger partial charge in [0, 0.05) is 42.0 Å². The van der Waals surface area contributed by atoms with Gasteiger partial charge in [-0.15, -0.1) is 0 Å². The molecule has 0 bridgehead atoms. The first kappa shape index (κ1) is 16.5. The number of hydrogen-bond donors (Lipinski definition) is 2. The van der Waals surface area contributed by atoms with Crippen LogP contribution in [0.4, 0.5) is 0 Å². The number of carbonyl (C=O) groups excluding carboxylic acids is 3. The molecule has 2 N–H and O–H groups in total. The molecular weight excluding hydrogens is 336 g/mol. The Labute approximate surface area is 149 Å². The maximum atomic E-state index is 12.8. The van der Waals surface area contributed by atoms with Gasteiger partial charge in [0.1, 0.15) is 11.9 Å². The Morgan fingerprint density at radius 3 is 2.42 bits per heavy atom. The molecule has 0 aliphatic heterocycles. The van der Waals surface area contributed by atoms with Crippen LogP contribution in [0, 0.1) is 0 Å². The van der Waals surface area contributed by atoms with Crippen LogP contribution in [0.3, 0.4) is 0 Å². The van der Waals surface area contributed by atoms with E-state index in [1.54, 1.807) is 24.3 Å². The molecule has 0 saturated carbocycles. The van der Waals surface area contributed by atoms with E-state index < -0.39 is 24.0 Å². The van der Waals surface area contributed by atoms with Gasteiger partial charge in [0.05, 0.1) is 11.7 Å². The minimum Gasteiger partial charge on any atom is -0.507 e. The summed E-state index contributed by atoms with van der Waals surface area (Å²) in [6.07, 6.45) is -1.25. The third kappa shape index (κ3) is 2.34. The van der Waals surface area contributed by atoms with Gasteiger partial charge < -0.3 is 14.9 Å².